The molecule has 3 fully saturated rings. The number of nitrogen functional groups attached to an aromatic ring is 3. The molecule has 9 heterocycles. The Labute approximate surface area is 549 Å². The highest BCUT2D eigenvalue weighted by molar-refractivity contribution is 5.93. The molecule has 0 radical (unpaired) electrons. The van der Waals surface area contributed by atoms with Gasteiger partial charge in [0.2, 0.25) is 11.8 Å². The van der Waals surface area contributed by atoms with Gasteiger partial charge in [0.25, 0.3) is 5.91 Å². The highest BCUT2D eigenvalue weighted by Gasteiger charge is 2.33. The highest BCUT2D eigenvalue weighted by atomic mass is 16.5. The standard InChI is InChI=1S/C24H25N5O3.C24H23N5O3.C23H23N5O3/c2*1-4-5-21(30)28-10-8-17(15-28)24-27-20(22-23(25)26-9-11-29(22)24)7-6-16-12-18(31-2)14-19(13-16)32-3;1-4-20(29)27-9-7-16(14-27)23-26-19(21-22(24)25-8-10-28(21)23)6-5-15-11-17(30-2)13-18(12-15)31-3/h4-5,9,11-14,17H,8,10,15H2,1-3H3,(H2,25,26);9,11-14,17H,8,10,15H2,1-3H3,(H2,25,26);4,8,10-13,16H,1,7,9,14H2,2-3H3,(H2,24,25)/b5-4+;;/t2*17-;/m11./s1. The van der Waals surface area contributed by atoms with Gasteiger partial charge in [0.15, 0.2) is 17.5 Å². The Kier molecular flexibility index (Phi) is 20.7. The molecule has 0 saturated carbocycles. The summed E-state index contributed by atoms with van der Waals surface area (Å²) in [6.45, 7) is 10.8. The van der Waals surface area contributed by atoms with Gasteiger partial charge in [-0.05, 0) is 105 Å². The molecule has 3 atom stereocenters. The molecule has 0 spiro atoms. The molecule has 1 unspecified atom stereocenters. The van der Waals surface area contributed by atoms with Crippen molar-refractivity contribution in [2.24, 2.45) is 0 Å². The number of hydrogen-bond donors (Lipinski definition) is 3. The van der Waals surface area contributed by atoms with Crippen molar-refractivity contribution in [1.82, 2.24) is 57.8 Å². The van der Waals surface area contributed by atoms with E-state index < -0.39 is 0 Å². The number of rotatable bonds is 11. The van der Waals surface area contributed by atoms with Crippen molar-refractivity contribution in [3.8, 4) is 81.9 Å². The molecule has 3 amide bonds. The second-order valence-electron chi connectivity index (χ2n) is 22.0. The van der Waals surface area contributed by atoms with Gasteiger partial charge in [-0.1, -0.05) is 36.3 Å². The fourth-order valence-corrected chi connectivity index (χ4v) is 11.5. The number of methoxy groups -OCH3 is 6. The molecule has 484 valence electrons. The Hall–Kier alpha value is -12.2. The maximum Gasteiger partial charge on any atom is 0.298 e. The van der Waals surface area contributed by atoms with Gasteiger partial charge in [-0.2, -0.15) is 0 Å². The second kappa shape index (κ2) is 29.9. The van der Waals surface area contributed by atoms with E-state index >= 15 is 0 Å². The van der Waals surface area contributed by atoms with Crippen LogP contribution in [-0.2, 0) is 14.4 Å². The third kappa shape index (κ3) is 14.8. The number of nitrogens with zero attached hydrogens (tertiary/aromatic N) is 12. The lowest BCUT2D eigenvalue weighted by molar-refractivity contribution is -0.125. The van der Waals surface area contributed by atoms with Gasteiger partial charge < -0.3 is 60.3 Å². The van der Waals surface area contributed by atoms with E-state index in [0.29, 0.717) is 125 Å². The summed E-state index contributed by atoms with van der Waals surface area (Å²) in [5.74, 6) is 31.5. The Balaban J connectivity index is 0.000000155. The molecular weight excluding hydrogens is 1210 g/mol. The number of amides is 3. The maximum absolute atomic E-state index is 12.2. The lowest BCUT2D eigenvalue weighted by Crippen LogP contribution is -2.27. The van der Waals surface area contributed by atoms with Gasteiger partial charge >= 0.3 is 0 Å². The van der Waals surface area contributed by atoms with E-state index in [0.717, 1.165) is 53.4 Å². The van der Waals surface area contributed by atoms with Crippen LogP contribution in [0.5, 0.6) is 34.5 Å². The molecular formula is C71H71N15O9. The zero-order valence-electron chi connectivity index (χ0n) is 54.0. The largest absolute Gasteiger partial charge is 0.497 e. The lowest BCUT2D eigenvalue weighted by Gasteiger charge is -2.14. The fourth-order valence-electron chi connectivity index (χ4n) is 11.5. The van der Waals surface area contributed by atoms with Crippen LogP contribution in [0.15, 0.2) is 117 Å². The van der Waals surface area contributed by atoms with Crippen molar-refractivity contribution in [3.05, 3.63) is 168 Å². The third-order valence-electron chi connectivity index (χ3n) is 16.1. The predicted molar refractivity (Wildman–Crippen MR) is 359 cm³/mol. The summed E-state index contributed by atoms with van der Waals surface area (Å²) in [6.07, 6.45) is 17.5. The van der Waals surface area contributed by atoms with Crippen LogP contribution in [0, 0.1) is 47.4 Å². The summed E-state index contributed by atoms with van der Waals surface area (Å²) >= 11 is 0. The fraction of sp³-hybridized carbons (Fsp3) is 0.282. The summed E-state index contributed by atoms with van der Waals surface area (Å²) in [5, 5.41) is 0. The van der Waals surface area contributed by atoms with E-state index in [1.807, 2.05) is 80.0 Å². The molecule has 3 aliphatic rings. The van der Waals surface area contributed by atoms with Crippen LogP contribution in [0.25, 0.3) is 16.6 Å². The van der Waals surface area contributed by atoms with Crippen LogP contribution in [-0.4, -0.2) is 157 Å². The smallest absolute Gasteiger partial charge is 0.298 e. The SMILES string of the molecule is C/C=C/C(=O)N1CC[C@@H](c2nc(C#Cc3cc(OC)cc(OC)c3)c3c(N)nccn23)C1.C=CC(=O)N1CCC(c2nc(C#Cc3cc(OC)cc(OC)c3)c3c(N)nccn23)C1.CC#CC(=O)N1CC[C@@H](c2nc(C#Cc3cc(OC)cc(OC)c3)c3c(N)nccn23)C1. The molecule has 3 aliphatic heterocycles. The van der Waals surface area contributed by atoms with Gasteiger partial charge in [-0.3, -0.25) is 27.6 Å². The summed E-state index contributed by atoms with van der Waals surface area (Å²) in [7, 11) is 9.56. The molecule has 6 N–H and O–H groups in total. The van der Waals surface area contributed by atoms with E-state index in [2.05, 4.69) is 68.9 Å². The molecule has 0 aliphatic carbocycles. The highest BCUT2D eigenvalue weighted by Crippen LogP contribution is 2.34. The number of benzene rings is 3. The Morgan fingerprint density at radius 1 is 0.484 bits per heavy atom. The number of carbonyl (C=O) groups is 3. The van der Waals surface area contributed by atoms with Crippen molar-refractivity contribution in [3.63, 3.8) is 0 Å². The van der Waals surface area contributed by atoms with Gasteiger partial charge in [-0.15, -0.1) is 0 Å². The summed E-state index contributed by atoms with van der Waals surface area (Å²) in [4.78, 5) is 68.8. The molecule has 12 rings (SSSR count). The number of ether oxygens (including phenoxy) is 6. The molecule has 24 nitrogen and oxygen atoms in total. The third-order valence-corrected chi connectivity index (χ3v) is 16.1. The minimum atomic E-state index is -0.163. The molecule has 3 saturated heterocycles. The Morgan fingerprint density at radius 3 is 1.11 bits per heavy atom. The van der Waals surface area contributed by atoms with Crippen LogP contribution < -0.4 is 45.6 Å². The first kappa shape index (κ1) is 65.8. The number of imidazole rings is 3. The number of nitrogens with two attached hydrogens (primary N) is 3. The maximum atomic E-state index is 12.2. The van der Waals surface area contributed by atoms with Gasteiger partial charge in [0, 0.05) is 129 Å². The summed E-state index contributed by atoms with van der Waals surface area (Å²) in [6, 6.07) is 16.3. The molecule has 9 aromatic rings. The number of anilines is 3. The van der Waals surface area contributed by atoms with E-state index in [1.165, 1.54) is 6.08 Å². The first-order valence-corrected chi connectivity index (χ1v) is 30.3. The quantitative estimate of drug-likeness (QED) is 0.0875. The van der Waals surface area contributed by atoms with Crippen LogP contribution in [0.3, 0.4) is 0 Å². The van der Waals surface area contributed by atoms with Crippen molar-refractivity contribution >= 4 is 51.7 Å². The zero-order valence-corrected chi connectivity index (χ0v) is 54.0. The van der Waals surface area contributed by atoms with Gasteiger partial charge in [-0.25, -0.2) is 29.9 Å². The average Bonchev–Trinajstić information content (AvgIpc) is 1.66. The van der Waals surface area contributed by atoms with E-state index in [-0.39, 0.29) is 35.5 Å². The van der Waals surface area contributed by atoms with Gasteiger partial charge in [0.1, 0.15) is 85.6 Å². The number of allylic oxidation sites excluding steroid dienone is 1. The number of aromatic nitrogens is 9. The number of likely N-dealkylation sites (tertiary alicyclic amines) is 3. The van der Waals surface area contributed by atoms with Crippen molar-refractivity contribution in [2.75, 3.05) is 99.1 Å². The molecule has 6 aromatic heterocycles. The molecule has 95 heavy (non-hydrogen) atoms. The summed E-state index contributed by atoms with van der Waals surface area (Å²) < 4.78 is 37.7. The van der Waals surface area contributed by atoms with Crippen molar-refractivity contribution in [1.29, 1.82) is 0 Å². The normalized spacial score (nSPS) is 15.4. The minimum Gasteiger partial charge on any atom is -0.497 e. The first-order chi connectivity index (χ1) is 46.1. The van der Waals surface area contributed by atoms with E-state index in [4.69, 9.17) is 60.6 Å². The second-order valence-corrected chi connectivity index (χ2v) is 22.0. The van der Waals surface area contributed by atoms with Crippen molar-refractivity contribution in [2.45, 2.75) is 50.9 Å². The lowest BCUT2D eigenvalue weighted by atomic mass is 10.1. The predicted octanol–water partition coefficient (Wildman–Crippen LogP) is 6.92. The Bertz CT molecular complexity index is 4650. The molecule has 24 heteroatoms. The van der Waals surface area contributed by atoms with Crippen LogP contribution in [0.1, 0.15) is 102 Å². The van der Waals surface area contributed by atoms with Gasteiger partial charge in [0.05, 0.1) is 42.7 Å². The van der Waals surface area contributed by atoms with E-state index in [1.54, 1.807) is 108 Å². The first-order valence-electron chi connectivity index (χ1n) is 30.3. The van der Waals surface area contributed by atoms with Crippen LogP contribution in [0.2, 0.25) is 0 Å². The van der Waals surface area contributed by atoms with E-state index in [9.17, 15) is 14.4 Å². The topological polar surface area (TPSA) is 285 Å². The van der Waals surface area contributed by atoms with Crippen molar-refractivity contribution < 1.29 is 42.8 Å². The molecule has 0 bridgehead atoms. The van der Waals surface area contributed by atoms with Crippen LogP contribution in [0.4, 0.5) is 17.5 Å². The number of fused-ring (bicyclic) bond motifs is 3. The number of carbonyl (C=O) groups excluding carboxylic acids is 3. The average molecular weight is 1280 g/mol. The monoisotopic (exact) mass is 1280 g/mol. The zero-order chi connectivity index (χ0) is 67.3. The van der Waals surface area contributed by atoms with Crippen LogP contribution >= 0.6 is 0 Å². The Morgan fingerprint density at radius 2 is 0.800 bits per heavy atom. The number of hydrogen-bond acceptors (Lipinski definition) is 18. The minimum absolute atomic E-state index is 0.0176. The summed E-state index contributed by atoms with van der Waals surface area (Å²) in [5.41, 5.74) is 24.3. The molecule has 3 aromatic carbocycles.